The molecule has 0 radical (unpaired) electrons. The van der Waals surface area contributed by atoms with Gasteiger partial charge < -0.3 is 38.7 Å². The lowest BCUT2D eigenvalue weighted by atomic mass is 10.0. The van der Waals surface area contributed by atoms with Gasteiger partial charge in [-0.1, -0.05) is 6.07 Å². The molecule has 236 valence electrons. The van der Waals surface area contributed by atoms with Crippen LogP contribution in [0.4, 0.5) is 0 Å². The van der Waals surface area contributed by atoms with Gasteiger partial charge in [-0.25, -0.2) is 9.78 Å². The third-order valence-electron chi connectivity index (χ3n) is 6.37. The number of carboxylic acid groups (broad SMARTS) is 1. The number of carbonyl (C=O) groups is 1. The first-order valence-corrected chi connectivity index (χ1v) is 12.9. The molecule has 2 N–H and O–H groups in total. The number of ether oxygens (including phenoxy) is 4. The number of nitrogens with zero attached hydrogens (tertiary/aromatic N) is 3. The molecule has 0 aliphatic rings. The highest BCUT2D eigenvalue weighted by Gasteiger charge is 2.23. The van der Waals surface area contributed by atoms with Crippen molar-refractivity contribution in [3.05, 3.63) is 89.7 Å². The summed E-state index contributed by atoms with van der Waals surface area (Å²) in [5, 5.41) is 29.1. The van der Waals surface area contributed by atoms with Crippen molar-refractivity contribution in [3.8, 4) is 40.1 Å². The lowest BCUT2D eigenvalue weighted by molar-refractivity contribution is -0.790. The molecule has 0 fully saturated rings. The third kappa shape index (κ3) is 7.27. The molecule has 0 spiro atoms. The highest BCUT2D eigenvalue weighted by molar-refractivity contribution is 5.92. The van der Waals surface area contributed by atoms with E-state index in [1.54, 1.807) is 38.1 Å². The van der Waals surface area contributed by atoms with E-state index < -0.39 is 41.0 Å². The second kappa shape index (κ2) is 13.4. The normalized spacial score (nSPS) is 11.4. The van der Waals surface area contributed by atoms with E-state index >= 15 is 0 Å². The van der Waals surface area contributed by atoms with Crippen LogP contribution in [0.3, 0.4) is 0 Å². The van der Waals surface area contributed by atoms with Crippen LogP contribution >= 0.6 is 0 Å². The van der Waals surface area contributed by atoms with E-state index in [9.17, 15) is 34.9 Å². The monoisotopic (exact) mass is 626 g/mol. The fraction of sp³-hybridized carbons (Fsp3) is 0.250. The molecule has 4 rings (SSSR count). The largest absolute Gasteiger partial charge is 0.497 e. The van der Waals surface area contributed by atoms with Crippen LogP contribution in [0.1, 0.15) is 21.5 Å². The van der Waals surface area contributed by atoms with Crippen LogP contribution < -0.4 is 24.5 Å². The number of aromatic nitrogens is 2. The number of aromatic carboxylic acids is 1. The molecule has 0 saturated carbocycles. The Morgan fingerprint density at radius 2 is 1.69 bits per heavy atom. The van der Waals surface area contributed by atoms with Gasteiger partial charge in [-0.2, -0.15) is 0 Å². The number of hydrogen-bond acceptors (Lipinski definition) is 13. The zero-order chi connectivity index (χ0) is 32.8. The third-order valence-corrected chi connectivity index (χ3v) is 6.37. The summed E-state index contributed by atoms with van der Waals surface area (Å²) < 4.78 is 22.3. The van der Waals surface area contributed by atoms with E-state index in [0.29, 0.717) is 28.0 Å². The van der Waals surface area contributed by atoms with Crippen LogP contribution in [-0.4, -0.2) is 64.8 Å². The Hall–Kier alpha value is -6.13. The van der Waals surface area contributed by atoms with Crippen molar-refractivity contribution in [1.82, 2.24) is 9.97 Å². The molecule has 45 heavy (non-hydrogen) atoms. The first kappa shape index (κ1) is 31.8. The molecule has 17 heteroatoms. The first-order valence-electron chi connectivity index (χ1n) is 12.9. The summed E-state index contributed by atoms with van der Waals surface area (Å²) >= 11 is 0. The van der Waals surface area contributed by atoms with E-state index in [0.717, 1.165) is 0 Å². The van der Waals surface area contributed by atoms with E-state index in [-0.39, 0.29) is 39.8 Å². The second-order valence-corrected chi connectivity index (χ2v) is 9.40. The molecule has 0 aliphatic carbocycles. The van der Waals surface area contributed by atoms with E-state index in [1.165, 1.54) is 32.4 Å². The predicted octanol–water partition coefficient (Wildman–Crippen LogP) is 3.88. The Morgan fingerprint density at radius 3 is 2.29 bits per heavy atom. The smallest absolute Gasteiger partial charge is 0.339 e. The molecule has 0 aliphatic heterocycles. The predicted molar refractivity (Wildman–Crippen MR) is 154 cm³/mol. The Labute approximate surface area is 253 Å². The van der Waals surface area contributed by atoms with Crippen molar-refractivity contribution >= 4 is 16.9 Å². The van der Waals surface area contributed by atoms with Crippen molar-refractivity contribution in [1.29, 1.82) is 0 Å². The quantitative estimate of drug-likeness (QED) is 0.150. The number of nitrogens with one attached hydrogen (secondary N) is 1. The van der Waals surface area contributed by atoms with E-state index in [2.05, 4.69) is 19.6 Å². The SMILES string of the molecule is COc1cc(OC)c2c(=O)[nH]c(-c3cc(C)c(Oc4c(OCC(CO[N+](=O)[O-])O[N+](=O)[O-])cccc4C(=O)O)c(C)c3)nc2c1. The summed E-state index contributed by atoms with van der Waals surface area (Å²) in [6.07, 6.45) is -1.52. The number of para-hydroxylation sites is 1. The number of benzene rings is 3. The number of H-pyrrole nitrogens is 1. The zero-order valence-electron chi connectivity index (χ0n) is 24.2. The summed E-state index contributed by atoms with van der Waals surface area (Å²) in [5.74, 6) is -0.521. The maximum absolute atomic E-state index is 13.0. The molecule has 1 heterocycles. The number of fused-ring (bicyclic) bond motifs is 1. The molecule has 4 aromatic rings. The Balaban J connectivity index is 1.70. The van der Waals surface area contributed by atoms with E-state index in [1.807, 2.05) is 0 Å². The van der Waals surface area contributed by atoms with Gasteiger partial charge in [0, 0.05) is 17.7 Å². The standard InChI is InChI=1S/C28H26N4O13/c1-14-8-16(26-29-20-10-17(40-3)11-22(41-4)23(20)27(33)30-26)9-15(2)24(14)44-25-19(28(34)35)6-5-7-21(25)42-12-18(45-32(38)39)13-43-31(36)37/h5-11,18H,12-13H2,1-4H3,(H,34,35)(H,29,30,33). The minimum Gasteiger partial charge on any atom is -0.497 e. The highest BCUT2D eigenvalue weighted by atomic mass is 17.0. The van der Waals surface area contributed by atoms with Crippen molar-refractivity contribution < 1.29 is 48.7 Å². The lowest BCUT2D eigenvalue weighted by Gasteiger charge is -2.20. The van der Waals surface area contributed by atoms with Gasteiger partial charge >= 0.3 is 5.97 Å². The van der Waals surface area contributed by atoms with Gasteiger partial charge in [-0.15, -0.1) is 20.2 Å². The Bertz CT molecular complexity index is 1820. The van der Waals surface area contributed by atoms with Gasteiger partial charge in [-0.3, -0.25) is 4.79 Å². The van der Waals surface area contributed by atoms with E-state index in [4.69, 9.17) is 18.9 Å². The molecule has 17 nitrogen and oxygen atoms in total. The zero-order valence-corrected chi connectivity index (χ0v) is 24.2. The van der Waals surface area contributed by atoms with Gasteiger partial charge in [-0.05, 0) is 49.2 Å². The van der Waals surface area contributed by atoms with Gasteiger partial charge in [0.15, 0.2) is 17.6 Å². The summed E-state index contributed by atoms with van der Waals surface area (Å²) in [6, 6.07) is 10.5. The van der Waals surface area contributed by atoms with Gasteiger partial charge in [0.1, 0.15) is 47.2 Å². The average molecular weight is 627 g/mol. The van der Waals surface area contributed by atoms with Crippen LogP contribution in [0.2, 0.25) is 0 Å². The summed E-state index contributed by atoms with van der Waals surface area (Å²) in [4.78, 5) is 62.3. The van der Waals surface area contributed by atoms with Crippen LogP contribution in [0.25, 0.3) is 22.3 Å². The number of rotatable bonds is 14. The average Bonchev–Trinajstić information content (AvgIpc) is 2.99. The molecular formula is C28H26N4O13. The lowest BCUT2D eigenvalue weighted by Crippen LogP contribution is -2.30. The molecule has 1 aromatic heterocycles. The molecule has 3 aromatic carbocycles. The van der Waals surface area contributed by atoms with Crippen LogP contribution in [-0.2, 0) is 9.68 Å². The highest BCUT2D eigenvalue weighted by Crippen LogP contribution is 2.39. The Kier molecular flexibility index (Phi) is 9.50. The molecule has 1 atom stereocenters. The Morgan fingerprint density at radius 1 is 0.978 bits per heavy atom. The van der Waals surface area contributed by atoms with Crippen molar-refractivity contribution in [2.24, 2.45) is 0 Å². The summed E-state index contributed by atoms with van der Waals surface area (Å²) in [6.45, 7) is 1.93. The maximum Gasteiger partial charge on any atom is 0.339 e. The van der Waals surface area contributed by atoms with Gasteiger partial charge in [0.2, 0.25) is 0 Å². The first-order chi connectivity index (χ1) is 21.4. The minimum absolute atomic E-state index is 0.140. The van der Waals surface area contributed by atoms with Crippen LogP contribution in [0.15, 0.2) is 47.3 Å². The van der Waals surface area contributed by atoms with Crippen molar-refractivity contribution in [2.45, 2.75) is 20.0 Å². The minimum atomic E-state index is -1.52. The van der Waals surface area contributed by atoms with Crippen LogP contribution in [0.5, 0.6) is 28.7 Å². The molecule has 0 saturated heterocycles. The topological polar surface area (TPSA) is 225 Å². The van der Waals surface area contributed by atoms with Gasteiger partial charge in [0.05, 0.1) is 19.7 Å². The second-order valence-electron chi connectivity index (χ2n) is 9.40. The molecular weight excluding hydrogens is 600 g/mol. The number of aryl methyl sites for hydroxylation is 2. The number of carboxylic acids is 1. The summed E-state index contributed by atoms with van der Waals surface area (Å²) in [5.41, 5.74) is 1.16. The molecule has 1 unspecified atom stereocenters. The fourth-order valence-corrected chi connectivity index (χ4v) is 4.44. The number of methoxy groups -OCH3 is 2. The van der Waals surface area contributed by atoms with Crippen molar-refractivity contribution in [2.75, 3.05) is 27.4 Å². The summed E-state index contributed by atoms with van der Waals surface area (Å²) in [7, 11) is 2.90. The number of hydrogen-bond donors (Lipinski definition) is 2. The van der Waals surface area contributed by atoms with Gasteiger partial charge in [0.25, 0.3) is 15.7 Å². The van der Waals surface area contributed by atoms with Crippen LogP contribution in [0, 0.1) is 34.1 Å². The number of aromatic amines is 1. The maximum atomic E-state index is 13.0. The molecule has 0 amide bonds. The van der Waals surface area contributed by atoms with Crippen molar-refractivity contribution in [3.63, 3.8) is 0 Å². The molecule has 0 bridgehead atoms. The fourth-order valence-electron chi connectivity index (χ4n) is 4.44.